The fraction of sp³-hybridized carbons (Fsp3) is 0.405. The molecule has 3 atom stereocenters. The molecule has 0 unspecified atom stereocenters. The van der Waals surface area contributed by atoms with Crippen molar-refractivity contribution < 1.29 is 23.9 Å². The summed E-state index contributed by atoms with van der Waals surface area (Å²) < 4.78 is 5.47. The topological polar surface area (TPSA) is 117 Å². The number of alkyl carbamates (subject to hydrolysis) is 1. The number of carbonyl (C=O) groups is 4. The van der Waals surface area contributed by atoms with Crippen LogP contribution in [0.4, 0.5) is 10.5 Å². The molecule has 3 N–H and O–H groups in total. The molecular weight excluding hydrogens is 580 g/mol. The van der Waals surface area contributed by atoms with Gasteiger partial charge in [-0.15, -0.1) is 0 Å². The Bertz CT molecular complexity index is 1540. The molecule has 0 radical (unpaired) electrons. The number of carbonyl (C=O) groups excluding carboxylic acids is 4. The number of rotatable bonds is 8. The molecule has 4 amide bonds. The first-order chi connectivity index (χ1) is 21.6. The van der Waals surface area contributed by atoms with E-state index in [-0.39, 0.29) is 31.2 Å². The summed E-state index contributed by atoms with van der Waals surface area (Å²) in [6, 6.07) is 23.0. The van der Waals surface area contributed by atoms with Crippen LogP contribution in [0.3, 0.4) is 0 Å². The molecule has 9 nitrogen and oxygen atoms in total. The van der Waals surface area contributed by atoms with E-state index in [0.29, 0.717) is 5.69 Å². The lowest BCUT2D eigenvalue weighted by atomic mass is 9.85. The molecule has 0 aliphatic carbocycles. The van der Waals surface area contributed by atoms with Crippen LogP contribution >= 0.6 is 0 Å². The van der Waals surface area contributed by atoms with Crippen LogP contribution in [0.1, 0.15) is 76.1 Å². The van der Waals surface area contributed by atoms with Gasteiger partial charge < -0.3 is 25.6 Å². The van der Waals surface area contributed by atoms with Gasteiger partial charge in [-0.25, -0.2) is 4.79 Å². The van der Waals surface area contributed by atoms with Crippen LogP contribution < -0.4 is 20.9 Å². The summed E-state index contributed by atoms with van der Waals surface area (Å²) in [6.45, 7) is 12.6. The van der Waals surface area contributed by atoms with E-state index in [1.165, 1.54) is 4.90 Å². The third-order valence-electron chi connectivity index (χ3n) is 7.51. The van der Waals surface area contributed by atoms with Crippen LogP contribution in [-0.4, -0.2) is 53.6 Å². The van der Waals surface area contributed by atoms with Crippen LogP contribution in [0.15, 0.2) is 78.9 Å². The molecule has 46 heavy (non-hydrogen) atoms. The van der Waals surface area contributed by atoms with Gasteiger partial charge in [0.1, 0.15) is 24.2 Å². The molecule has 3 aromatic rings. The molecule has 3 aromatic carbocycles. The molecule has 0 spiro atoms. The number of hydrogen-bond acceptors (Lipinski definition) is 5. The highest BCUT2D eigenvalue weighted by atomic mass is 16.6. The van der Waals surface area contributed by atoms with Gasteiger partial charge in [-0.1, -0.05) is 72.8 Å². The number of fused-ring (bicyclic) bond motifs is 1. The molecule has 1 aliphatic rings. The molecule has 0 fully saturated rings. The lowest BCUT2D eigenvalue weighted by molar-refractivity contribution is -0.129. The number of aryl methyl sites for hydroxylation is 1. The van der Waals surface area contributed by atoms with Gasteiger partial charge in [-0.05, 0) is 83.2 Å². The van der Waals surface area contributed by atoms with Crippen molar-refractivity contribution in [3.05, 3.63) is 101 Å². The maximum Gasteiger partial charge on any atom is 0.408 e. The number of ether oxygens (including phenoxy) is 1. The summed E-state index contributed by atoms with van der Waals surface area (Å²) in [5.41, 5.74) is 3.00. The molecule has 4 rings (SSSR count). The van der Waals surface area contributed by atoms with E-state index in [2.05, 4.69) is 16.0 Å². The number of nitrogens with one attached hydrogen (secondary N) is 3. The molecule has 0 saturated heterocycles. The molecule has 1 heterocycles. The zero-order valence-electron chi connectivity index (χ0n) is 27.8. The maximum absolute atomic E-state index is 14.4. The van der Waals surface area contributed by atoms with Crippen molar-refractivity contribution in [2.45, 2.75) is 90.4 Å². The smallest absolute Gasteiger partial charge is 0.408 e. The minimum absolute atomic E-state index is 0.187. The van der Waals surface area contributed by atoms with E-state index in [1.54, 1.807) is 20.8 Å². The van der Waals surface area contributed by atoms with Gasteiger partial charge in [0.05, 0.1) is 0 Å². The van der Waals surface area contributed by atoms with E-state index in [1.807, 2.05) is 107 Å². The van der Waals surface area contributed by atoms with Crippen molar-refractivity contribution in [1.82, 2.24) is 16.0 Å². The van der Waals surface area contributed by atoms with Gasteiger partial charge in [0, 0.05) is 23.6 Å². The van der Waals surface area contributed by atoms with Crippen molar-refractivity contribution in [3.63, 3.8) is 0 Å². The number of anilines is 1. The van der Waals surface area contributed by atoms with Crippen molar-refractivity contribution in [1.29, 1.82) is 0 Å². The average Bonchev–Trinajstić information content (AvgIpc) is 3.06. The summed E-state index contributed by atoms with van der Waals surface area (Å²) in [6.07, 6.45) is -0.292. The minimum atomic E-state index is -1.02. The number of nitrogens with zero attached hydrogens (tertiary/aromatic N) is 1. The molecule has 1 aliphatic heterocycles. The van der Waals surface area contributed by atoms with E-state index in [9.17, 15) is 19.2 Å². The minimum Gasteiger partial charge on any atom is -0.444 e. The summed E-state index contributed by atoms with van der Waals surface area (Å²) in [5, 5.41) is 8.64. The third kappa shape index (κ3) is 9.42. The number of hydrogen-bond donors (Lipinski definition) is 3. The first-order valence-electron chi connectivity index (χ1n) is 15.7. The van der Waals surface area contributed by atoms with Crippen LogP contribution in [0, 0.1) is 6.92 Å². The quantitative estimate of drug-likeness (QED) is 0.310. The molecular formula is C37H46N4O5. The van der Waals surface area contributed by atoms with Gasteiger partial charge in [0.25, 0.3) is 0 Å². The fourth-order valence-electron chi connectivity index (χ4n) is 5.62. The van der Waals surface area contributed by atoms with Gasteiger partial charge in [0.15, 0.2) is 0 Å². The monoisotopic (exact) mass is 626 g/mol. The Balaban J connectivity index is 1.72. The summed E-state index contributed by atoms with van der Waals surface area (Å²) in [5.74, 6) is -1.50. The zero-order valence-corrected chi connectivity index (χ0v) is 27.8. The molecule has 244 valence electrons. The van der Waals surface area contributed by atoms with E-state index in [0.717, 1.165) is 22.3 Å². The van der Waals surface area contributed by atoms with Gasteiger partial charge in [-0.2, -0.15) is 0 Å². The van der Waals surface area contributed by atoms with Gasteiger partial charge in [-0.3, -0.25) is 14.4 Å². The Morgan fingerprint density at radius 3 is 2.15 bits per heavy atom. The first kappa shape index (κ1) is 34.2. The molecule has 0 saturated carbocycles. The maximum atomic E-state index is 14.4. The fourth-order valence-corrected chi connectivity index (χ4v) is 5.62. The highest BCUT2D eigenvalue weighted by molar-refractivity contribution is 6.05. The predicted molar refractivity (Wildman–Crippen MR) is 180 cm³/mol. The van der Waals surface area contributed by atoms with Gasteiger partial charge >= 0.3 is 6.09 Å². The number of benzene rings is 3. The highest BCUT2D eigenvalue weighted by Gasteiger charge is 2.39. The normalized spacial score (nSPS) is 17.3. The zero-order chi connectivity index (χ0) is 33.6. The van der Waals surface area contributed by atoms with Crippen LogP contribution in [0.2, 0.25) is 0 Å². The second kappa shape index (κ2) is 14.2. The summed E-state index contributed by atoms with van der Waals surface area (Å²) in [4.78, 5) is 56.1. The summed E-state index contributed by atoms with van der Waals surface area (Å²) in [7, 11) is 0. The second-order valence-corrected chi connectivity index (χ2v) is 13.9. The molecule has 9 heteroatoms. The van der Waals surface area contributed by atoms with E-state index >= 15 is 0 Å². The van der Waals surface area contributed by atoms with Crippen LogP contribution in [-0.2, 0) is 25.5 Å². The largest absolute Gasteiger partial charge is 0.444 e. The Labute approximate surface area is 272 Å². The van der Waals surface area contributed by atoms with E-state index < -0.39 is 41.1 Å². The second-order valence-electron chi connectivity index (χ2n) is 13.9. The average molecular weight is 627 g/mol. The lowest BCUT2D eigenvalue weighted by Gasteiger charge is -2.29. The Morgan fingerprint density at radius 1 is 0.913 bits per heavy atom. The van der Waals surface area contributed by atoms with Crippen molar-refractivity contribution in [3.8, 4) is 0 Å². The van der Waals surface area contributed by atoms with Crippen LogP contribution in [0.5, 0.6) is 0 Å². The Kier molecular flexibility index (Phi) is 10.6. The third-order valence-corrected chi connectivity index (χ3v) is 7.51. The SMILES string of the molecule is Cc1ccc2c(c1)N(CC(=O)NC(C)(C)C)C(=O)[C@H](NC(=O)[C@H](Cc1ccccc1)NC(=O)OC(C)(C)C)C[C@@H]2c1ccccc1. The molecule has 0 aromatic heterocycles. The van der Waals surface area contributed by atoms with Crippen LogP contribution in [0.25, 0.3) is 0 Å². The predicted octanol–water partition coefficient (Wildman–Crippen LogP) is 5.40. The van der Waals surface area contributed by atoms with E-state index in [4.69, 9.17) is 4.74 Å². The van der Waals surface area contributed by atoms with Crippen molar-refractivity contribution >= 4 is 29.5 Å². The Morgan fingerprint density at radius 2 is 1.54 bits per heavy atom. The Hall–Kier alpha value is -4.66. The number of amides is 4. The van der Waals surface area contributed by atoms with Crippen molar-refractivity contribution in [2.75, 3.05) is 11.4 Å². The first-order valence-corrected chi connectivity index (χ1v) is 15.7. The van der Waals surface area contributed by atoms with Gasteiger partial charge in [0.2, 0.25) is 17.7 Å². The summed E-state index contributed by atoms with van der Waals surface area (Å²) >= 11 is 0. The standard InChI is InChI=1S/C37H46N4O5/c1-24-18-19-27-28(26-16-12-9-13-17-26)22-30(34(44)41(31(27)20-24)23-32(42)40-36(2,3)4)38-33(43)29(21-25-14-10-8-11-15-25)39-35(45)46-37(5,6)7/h8-20,28-30H,21-23H2,1-7H3,(H,38,43)(H,39,45)(H,40,42)/t28-,29+,30-/m1/s1. The lowest BCUT2D eigenvalue weighted by Crippen LogP contribution is -2.56. The highest BCUT2D eigenvalue weighted by Crippen LogP contribution is 2.39. The van der Waals surface area contributed by atoms with Crippen molar-refractivity contribution in [2.24, 2.45) is 0 Å². The molecule has 0 bridgehead atoms.